The number of nitrogens with zero attached hydrogens (tertiary/aromatic N) is 3. The van der Waals surface area contributed by atoms with Gasteiger partial charge in [-0.3, -0.25) is 0 Å². The average Bonchev–Trinajstić information content (AvgIpc) is 2.18. The Morgan fingerprint density at radius 1 is 1.59 bits per heavy atom. The SMILES string of the molecule is N#Cc1cc([N+](=O)[O-])nc(I)c1OC(F)(F)F. The Balaban J connectivity index is 3.33. The molecule has 0 amide bonds. The highest BCUT2D eigenvalue weighted by Crippen LogP contribution is 2.31. The third kappa shape index (κ3) is 3.41. The average molecular weight is 359 g/mol. The first-order chi connectivity index (χ1) is 7.74. The van der Waals surface area contributed by atoms with Crippen molar-refractivity contribution < 1.29 is 22.8 Å². The third-order valence-electron chi connectivity index (χ3n) is 1.44. The molecule has 6 nitrogen and oxygen atoms in total. The smallest absolute Gasteiger partial charge is 0.399 e. The molecule has 0 aromatic carbocycles. The summed E-state index contributed by atoms with van der Waals surface area (Å²) in [5, 5.41) is 19.0. The summed E-state index contributed by atoms with van der Waals surface area (Å²) in [6.45, 7) is 0. The van der Waals surface area contributed by atoms with Crippen molar-refractivity contribution in [1.29, 1.82) is 5.26 Å². The summed E-state index contributed by atoms with van der Waals surface area (Å²) < 4.78 is 39.2. The molecule has 0 fully saturated rings. The topological polar surface area (TPSA) is 89.0 Å². The molecule has 0 aliphatic carbocycles. The minimum atomic E-state index is -5.00. The van der Waals surface area contributed by atoms with E-state index < -0.39 is 32.1 Å². The van der Waals surface area contributed by atoms with E-state index in [2.05, 4.69) is 9.72 Å². The molecule has 1 heterocycles. The second-order valence-corrected chi connectivity index (χ2v) is 3.59. The Kier molecular flexibility index (Phi) is 3.71. The molecule has 0 aliphatic heterocycles. The van der Waals surface area contributed by atoms with Crippen LogP contribution in [0.3, 0.4) is 0 Å². The fourth-order valence-electron chi connectivity index (χ4n) is 0.879. The van der Waals surface area contributed by atoms with E-state index in [4.69, 9.17) is 5.26 Å². The van der Waals surface area contributed by atoms with Gasteiger partial charge in [0.2, 0.25) is 5.75 Å². The van der Waals surface area contributed by atoms with Crippen molar-refractivity contribution in [3.05, 3.63) is 25.4 Å². The van der Waals surface area contributed by atoms with Gasteiger partial charge in [-0.25, -0.2) is 0 Å². The number of aromatic nitrogens is 1. The predicted molar refractivity (Wildman–Crippen MR) is 55.0 cm³/mol. The zero-order valence-electron chi connectivity index (χ0n) is 7.66. The van der Waals surface area contributed by atoms with E-state index in [1.54, 1.807) is 0 Å². The molecule has 0 radical (unpaired) electrons. The number of nitro groups is 1. The van der Waals surface area contributed by atoms with E-state index in [-0.39, 0.29) is 0 Å². The molecule has 0 saturated carbocycles. The molecule has 17 heavy (non-hydrogen) atoms. The molecule has 0 aliphatic rings. The van der Waals surface area contributed by atoms with E-state index >= 15 is 0 Å². The second kappa shape index (κ2) is 4.70. The van der Waals surface area contributed by atoms with E-state index in [0.717, 1.165) is 0 Å². The van der Waals surface area contributed by atoms with E-state index in [1.807, 2.05) is 0 Å². The van der Waals surface area contributed by atoms with Gasteiger partial charge < -0.3 is 14.9 Å². The fourth-order valence-corrected chi connectivity index (χ4v) is 1.53. The summed E-state index contributed by atoms with van der Waals surface area (Å²) in [7, 11) is 0. The summed E-state index contributed by atoms with van der Waals surface area (Å²) in [6.07, 6.45) is -5.00. The molecule has 0 N–H and O–H groups in total. The zero-order chi connectivity index (χ0) is 13.2. The van der Waals surface area contributed by atoms with Crippen molar-refractivity contribution in [1.82, 2.24) is 4.98 Å². The maximum absolute atomic E-state index is 12.0. The lowest BCUT2D eigenvalue weighted by Crippen LogP contribution is -2.19. The van der Waals surface area contributed by atoms with Crippen LogP contribution in [0.5, 0.6) is 5.75 Å². The van der Waals surface area contributed by atoms with Crippen molar-refractivity contribution in [2.75, 3.05) is 0 Å². The summed E-state index contributed by atoms with van der Waals surface area (Å²) >= 11 is 1.32. The second-order valence-electron chi connectivity index (χ2n) is 2.56. The number of hydrogen-bond acceptors (Lipinski definition) is 5. The summed E-state index contributed by atoms with van der Waals surface area (Å²) in [6, 6.07) is 1.99. The Labute approximate surface area is 105 Å². The van der Waals surface area contributed by atoms with Crippen LogP contribution in [0.1, 0.15) is 5.56 Å². The molecule has 1 aromatic heterocycles. The van der Waals surface area contributed by atoms with Crippen molar-refractivity contribution >= 4 is 28.4 Å². The first-order valence-corrected chi connectivity index (χ1v) is 4.83. The van der Waals surface area contributed by atoms with Crippen molar-refractivity contribution in [2.24, 2.45) is 0 Å². The Hall–Kier alpha value is -1.64. The quantitative estimate of drug-likeness (QED) is 0.350. The van der Waals surface area contributed by atoms with Crippen LogP contribution in [0.15, 0.2) is 6.07 Å². The number of ether oxygens (including phenoxy) is 1. The van der Waals surface area contributed by atoms with Crippen LogP contribution in [0.25, 0.3) is 0 Å². The molecule has 90 valence electrons. The number of alkyl halides is 3. The molecule has 0 spiro atoms. The third-order valence-corrected chi connectivity index (χ3v) is 2.17. The van der Waals surface area contributed by atoms with Gasteiger partial charge in [0, 0.05) is 22.6 Å². The largest absolute Gasteiger partial charge is 0.573 e. The van der Waals surface area contributed by atoms with Crippen LogP contribution >= 0.6 is 22.6 Å². The Morgan fingerprint density at radius 3 is 2.59 bits per heavy atom. The maximum atomic E-state index is 12.0. The molecule has 1 aromatic rings. The standard InChI is InChI=1S/C7HF3IN3O3/c8-7(9,10)17-5-3(2-12)1-4(14(15)16)13-6(5)11/h1H. The Morgan fingerprint density at radius 2 is 2.18 bits per heavy atom. The molecule has 1 rings (SSSR count). The van der Waals surface area contributed by atoms with Crippen LogP contribution in [-0.4, -0.2) is 16.3 Å². The minimum Gasteiger partial charge on any atom is -0.399 e. The predicted octanol–water partition coefficient (Wildman–Crippen LogP) is 2.36. The van der Waals surface area contributed by atoms with Gasteiger partial charge in [-0.05, 0) is 9.91 Å². The first kappa shape index (κ1) is 13.4. The molecule has 0 saturated heterocycles. The van der Waals surface area contributed by atoms with Crippen LogP contribution < -0.4 is 4.74 Å². The number of nitriles is 1. The number of halogens is 4. The molecule has 0 bridgehead atoms. The summed E-state index contributed by atoms with van der Waals surface area (Å²) in [4.78, 5) is 12.7. The van der Waals surface area contributed by atoms with Crippen LogP contribution in [-0.2, 0) is 0 Å². The highest BCUT2D eigenvalue weighted by molar-refractivity contribution is 14.1. The van der Waals surface area contributed by atoms with Gasteiger partial charge in [-0.15, -0.1) is 13.2 Å². The van der Waals surface area contributed by atoms with E-state index in [0.29, 0.717) is 6.07 Å². The van der Waals surface area contributed by atoms with Gasteiger partial charge >= 0.3 is 12.2 Å². The molecule has 0 atom stereocenters. The normalized spacial score (nSPS) is 10.8. The molecule has 10 heteroatoms. The van der Waals surface area contributed by atoms with E-state index in [1.165, 1.54) is 28.7 Å². The molecule has 0 unspecified atom stereocenters. The van der Waals surface area contributed by atoms with Crippen molar-refractivity contribution in [3.8, 4) is 11.8 Å². The lowest BCUT2D eigenvalue weighted by atomic mass is 10.2. The highest BCUT2D eigenvalue weighted by Gasteiger charge is 2.35. The van der Waals surface area contributed by atoms with Gasteiger partial charge in [0.15, 0.2) is 0 Å². The van der Waals surface area contributed by atoms with Crippen molar-refractivity contribution in [2.45, 2.75) is 6.36 Å². The van der Waals surface area contributed by atoms with E-state index in [9.17, 15) is 23.3 Å². The van der Waals surface area contributed by atoms with Crippen molar-refractivity contribution in [3.63, 3.8) is 0 Å². The summed E-state index contributed by atoms with van der Waals surface area (Å²) in [5.74, 6) is -1.56. The van der Waals surface area contributed by atoms with Gasteiger partial charge in [0.1, 0.15) is 11.6 Å². The van der Waals surface area contributed by atoms with Gasteiger partial charge in [-0.2, -0.15) is 5.26 Å². The fraction of sp³-hybridized carbons (Fsp3) is 0.143. The molecular formula is C7HF3IN3O3. The number of rotatable bonds is 2. The molecular weight excluding hydrogens is 358 g/mol. The van der Waals surface area contributed by atoms with Gasteiger partial charge in [-0.1, -0.05) is 0 Å². The van der Waals surface area contributed by atoms with Crippen LogP contribution in [0.4, 0.5) is 19.0 Å². The number of hydrogen-bond donors (Lipinski definition) is 0. The zero-order valence-corrected chi connectivity index (χ0v) is 9.81. The first-order valence-electron chi connectivity index (χ1n) is 3.75. The monoisotopic (exact) mass is 359 g/mol. The Bertz CT molecular complexity index is 512. The highest BCUT2D eigenvalue weighted by atomic mass is 127. The van der Waals surface area contributed by atoms with Crippen LogP contribution in [0.2, 0.25) is 0 Å². The maximum Gasteiger partial charge on any atom is 0.573 e. The van der Waals surface area contributed by atoms with Crippen LogP contribution in [0, 0.1) is 25.1 Å². The lowest BCUT2D eigenvalue weighted by molar-refractivity contribution is -0.389. The lowest BCUT2D eigenvalue weighted by Gasteiger charge is -2.09. The summed E-state index contributed by atoms with van der Waals surface area (Å²) in [5.41, 5.74) is -0.603. The number of pyridine rings is 1. The van der Waals surface area contributed by atoms with Gasteiger partial charge in [0.25, 0.3) is 3.70 Å². The minimum absolute atomic E-state index is 0.411. The van der Waals surface area contributed by atoms with Gasteiger partial charge in [0.05, 0.1) is 6.07 Å².